The minimum Gasteiger partial charge on any atom is -0.469 e. The average molecular weight is 167 g/mol. The predicted molar refractivity (Wildman–Crippen MR) is 50.2 cm³/mol. The van der Waals surface area contributed by atoms with Gasteiger partial charge >= 0.3 is 0 Å². The Morgan fingerprint density at radius 1 is 1.50 bits per heavy atom. The van der Waals surface area contributed by atoms with E-state index in [4.69, 9.17) is 4.42 Å². The lowest BCUT2D eigenvalue weighted by Crippen LogP contribution is -2.23. The number of furan rings is 1. The Morgan fingerprint density at radius 3 is 2.92 bits per heavy atom. The molecule has 1 N–H and O–H groups in total. The summed E-state index contributed by atoms with van der Waals surface area (Å²) in [5.41, 5.74) is 0. The van der Waals surface area contributed by atoms with Crippen molar-refractivity contribution in [1.29, 1.82) is 0 Å². The van der Waals surface area contributed by atoms with E-state index in [1.54, 1.807) is 6.26 Å². The molecule has 0 atom stereocenters. The molecule has 0 aliphatic carbocycles. The third kappa shape index (κ3) is 3.58. The third-order valence-corrected chi connectivity index (χ3v) is 1.73. The molecule has 0 unspecified atom stereocenters. The smallest absolute Gasteiger partial charge is 0.103 e. The van der Waals surface area contributed by atoms with Gasteiger partial charge in [-0.1, -0.05) is 13.8 Å². The molecule has 1 rings (SSSR count). The van der Waals surface area contributed by atoms with E-state index in [1.165, 1.54) is 0 Å². The van der Waals surface area contributed by atoms with Crippen LogP contribution in [-0.2, 0) is 6.42 Å². The van der Waals surface area contributed by atoms with Crippen LogP contribution in [0.3, 0.4) is 0 Å². The van der Waals surface area contributed by atoms with Gasteiger partial charge in [0.05, 0.1) is 6.26 Å². The van der Waals surface area contributed by atoms with Gasteiger partial charge in [-0.3, -0.25) is 0 Å². The topological polar surface area (TPSA) is 25.2 Å². The van der Waals surface area contributed by atoms with Crippen LogP contribution < -0.4 is 5.32 Å². The summed E-state index contributed by atoms with van der Waals surface area (Å²) in [6, 6.07) is 4.54. The van der Waals surface area contributed by atoms with Crippen LogP contribution in [0.25, 0.3) is 0 Å². The van der Waals surface area contributed by atoms with E-state index < -0.39 is 0 Å². The molecule has 0 saturated heterocycles. The zero-order valence-electron chi connectivity index (χ0n) is 7.84. The predicted octanol–water partition coefficient (Wildman–Crippen LogP) is 2.21. The number of rotatable bonds is 5. The van der Waals surface area contributed by atoms with Crippen molar-refractivity contribution < 1.29 is 4.42 Å². The lowest BCUT2D eigenvalue weighted by atomic mass is 10.2. The summed E-state index contributed by atoms with van der Waals surface area (Å²) < 4.78 is 5.21. The summed E-state index contributed by atoms with van der Waals surface area (Å²) in [5, 5.41) is 3.37. The maximum atomic E-state index is 5.21. The number of aryl methyl sites for hydroxylation is 1. The van der Waals surface area contributed by atoms with E-state index >= 15 is 0 Å². The maximum absolute atomic E-state index is 5.21. The molecule has 0 bridgehead atoms. The van der Waals surface area contributed by atoms with E-state index in [-0.39, 0.29) is 0 Å². The molecule has 0 aromatic carbocycles. The lowest BCUT2D eigenvalue weighted by molar-refractivity contribution is 0.488. The lowest BCUT2D eigenvalue weighted by Gasteiger charge is -2.06. The molecule has 1 aromatic heterocycles. The number of hydrogen-bond donors (Lipinski definition) is 1. The van der Waals surface area contributed by atoms with Crippen LogP contribution in [0.1, 0.15) is 26.0 Å². The highest BCUT2D eigenvalue weighted by Gasteiger charge is 1.95. The molecule has 1 aromatic rings. The fourth-order valence-electron chi connectivity index (χ4n) is 1.11. The van der Waals surface area contributed by atoms with Crippen LogP contribution in [0.4, 0.5) is 0 Å². The van der Waals surface area contributed by atoms with Gasteiger partial charge in [0.1, 0.15) is 5.76 Å². The molecule has 0 fully saturated rings. The van der Waals surface area contributed by atoms with Crippen molar-refractivity contribution in [2.45, 2.75) is 32.7 Å². The minimum atomic E-state index is 0.585. The van der Waals surface area contributed by atoms with Crippen LogP contribution in [0.5, 0.6) is 0 Å². The standard InChI is InChI=1S/C10H17NO/c1-9(2)11-7-3-5-10-6-4-8-12-10/h4,6,8-9,11H,3,5,7H2,1-2H3. The molecular weight excluding hydrogens is 150 g/mol. The summed E-state index contributed by atoms with van der Waals surface area (Å²) in [5.74, 6) is 1.08. The van der Waals surface area contributed by atoms with Gasteiger partial charge in [-0.05, 0) is 25.1 Å². The second-order valence-corrected chi connectivity index (χ2v) is 3.29. The molecule has 1 heterocycles. The molecule has 0 amide bonds. The van der Waals surface area contributed by atoms with Gasteiger partial charge in [0.25, 0.3) is 0 Å². The monoisotopic (exact) mass is 167 g/mol. The fraction of sp³-hybridized carbons (Fsp3) is 0.600. The van der Waals surface area contributed by atoms with E-state index in [1.807, 2.05) is 12.1 Å². The van der Waals surface area contributed by atoms with Crippen LogP contribution in [-0.4, -0.2) is 12.6 Å². The Hall–Kier alpha value is -0.760. The van der Waals surface area contributed by atoms with Crippen molar-refractivity contribution in [3.05, 3.63) is 24.2 Å². The van der Waals surface area contributed by atoms with Crippen molar-refractivity contribution in [1.82, 2.24) is 5.32 Å². The average Bonchev–Trinajstić information content (AvgIpc) is 2.49. The summed E-state index contributed by atoms with van der Waals surface area (Å²) in [6.07, 6.45) is 3.91. The van der Waals surface area contributed by atoms with Gasteiger partial charge in [0.15, 0.2) is 0 Å². The van der Waals surface area contributed by atoms with E-state index in [0.717, 1.165) is 25.1 Å². The zero-order chi connectivity index (χ0) is 8.81. The second-order valence-electron chi connectivity index (χ2n) is 3.29. The summed E-state index contributed by atoms with van der Waals surface area (Å²) in [7, 11) is 0. The highest BCUT2D eigenvalue weighted by atomic mass is 16.3. The first kappa shape index (κ1) is 9.33. The summed E-state index contributed by atoms with van der Waals surface area (Å²) in [4.78, 5) is 0. The van der Waals surface area contributed by atoms with Crippen molar-refractivity contribution >= 4 is 0 Å². The minimum absolute atomic E-state index is 0.585. The Morgan fingerprint density at radius 2 is 2.33 bits per heavy atom. The first-order chi connectivity index (χ1) is 5.79. The van der Waals surface area contributed by atoms with Gasteiger partial charge < -0.3 is 9.73 Å². The highest BCUT2D eigenvalue weighted by molar-refractivity contribution is 4.97. The van der Waals surface area contributed by atoms with Gasteiger partial charge in [-0.15, -0.1) is 0 Å². The molecule has 0 radical (unpaired) electrons. The fourth-order valence-corrected chi connectivity index (χ4v) is 1.11. The van der Waals surface area contributed by atoms with Gasteiger partial charge in [-0.2, -0.15) is 0 Å². The normalized spacial score (nSPS) is 10.9. The van der Waals surface area contributed by atoms with E-state index in [0.29, 0.717) is 6.04 Å². The number of nitrogens with one attached hydrogen (secondary N) is 1. The first-order valence-electron chi connectivity index (χ1n) is 4.55. The van der Waals surface area contributed by atoms with Crippen molar-refractivity contribution in [3.8, 4) is 0 Å². The largest absolute Gasteiger partial charge is 0.469 e. The van der Waals surface area contributed by atoms with Crippen molar-refractivity contribution in [3.63, 3.8) is 0 Å². The molecule has 0 aliphatic rings. The Kier molecular flexibility index (Phi) is 3.88. The SMILES string of the molecule is CC(C)NCCCc1ccco1. The van der Waals surface area contributed by atoms with Crippen LogP contribution in [0, 0.1) is 0 Å². The van der Waals surface area contributed by atoms with Crippen molar-refractivity contribution in [2.75, 3.05) is 6.54 Å². The summed E-state index contributed by atoms with van der Waals surface area (Å²) in [6.45, 7) is 5.39. The molecule has 2 nitrogen and oxygen atoms in total. The van der Waals surface area contributed by atoms with Gasteiger partial charge in [0, 0.05) is 12.5 Å². The van der Waals surface area contributed by atoms with Crippen LogP contribution >= 0.6 is 0 Å². The molecule has 12 heavy (non-hydrogen) atoms. The molecule has 2 heteroatoms. The van der Waals surface area contributed by atoms with Gasteiger partial charge in [0.2, 0.25) is 0 Å². The summed E-state index contributed by atoms with van der Waals surface area (Å²) >= 11 is 0. The Labute approximate surface area is 74.0 Å². The molecule has 0 aliphatic heterocycles. The maximum Gasteiger partial charge on any atom is 0.103 e. The van der Waals surface area contributed by atoms with Crippen LogP contribution in [0.2, 0.25) is 0 Å². The quantitative estimate of drug-likeness (QED) is 0.680. The number of hydrogen-bond acceptors (Lipinski definition) is 2. The first-order valence-corrected chi connectivity index (χ1v) is 4.55. The molecule has 68 valence electrons. The zero-order valence-corrected chi connectivity index (χ0v) is 7.84. The molecule has 0 saturated carbocycles. The van der Waals surface area contributed by atoms with Crippen molar-refractivity contribution in [2.24, 2.45) is 0 Å². The highest BCUT2D eigenvalue weighted by Crippen LogP contribution is 2.02. The van der Waals surface area contributed by atoms with E-state index in [9.17, 15) is 0 Å². The second kappa shape index (κ2) is 4.99. The Bertz CT molecular complexity index is 192. The molecular formula is C10H17NO. The van der Waals surface area contributed by atoms with Gasteiger partial charge in [-0.25, -0.2) is 0 Å². The van der Waals surface area contributed by atoms with Crippen LogP contribution in [0.15, 0.2) is 22.8 Å². The van der Waals surface area contributed by atoms with E-state index in [2.05, 4.69) is 19.2 Å². The third-order valence-electron chi connectivity index (χ3n) is 1.73. The Balaban J connectivity index is 2.04. The molecule has 0 spiro atoms.